The van der Waals surface area contributed by atoms with E-state index in [1.54, 1.807) is 6.07 Å². The average Bonchev–Trinajstić information content (AvgIpc) is 3.08. The molecule has 0 spiro atoms. The molecule has 2 N–H and O–H groups in total. The molecule has 1 aliphatic heterocycles. The van der Waals surface area contributed by atoms with Gasteiger partial charge in [-0.25, -0.2) is 0 Å². The van der Waals surface area contributed by atoms with Crippen molar-refractivity contribution in [3.05, 3.63) is 65.2 Å². The van der Waals surface area contributed by atoms with Gasteiger partial charge in [0.2, 0.25) is 17.8 Å². The fraction of sp³-hybridized carbons (Fsp3) is 0.375. The molecule has 1 aliphatic rings. The van der Waals surface area contributed by atoms with Crippen molar-refractivity contribution in [3.8, 4) is 0 Å². The molecule has 0 radical (unpaired) electrons. The fourth-order valence-corrected chi connectivity index (χ4v) is 3.70. The van der Waals surface area contributed by atoms with Crippen LogP contribution in [-0.2, 0) is 12.7 Å². The van der Waals surface area contributed by atoms with E-state index in [-0.39, 0.29) is 11.6 Å². The fourth-order valence-electron chi connectivity index (χ4n) is 3.70. The molecule has 33 heavy (non-hydrogen) atoms. The average molecular weight is 457 g/mol. The highest BCUT2D eigenvalue weighted by Gasteiger charge is 2.30. The van der Waals surface area contributed by atoms with E-state index in [0.717, 1.165) is 56.5 Å². The number of hydrogen-bond acceptors (Lipinski definition) is 6. The quantitative estimate of drug-likeness (QED) is 0.479. The Morgan fingerprint density at radius 1 is 0.879 bits per heavy atom. The van der Waals surface area contributed by atoms with Gasteiger partial charge in [0.25, 0.3) is 0 Å². The Morgan fingerprint density at radius 3 is 2.27 bits per heavy atom. The van der Waals surface area contributed by atoms with Crippen LogP contribution >= 0.6 is 0 Å². The Balaban J connectivity index is 1.60. The Hall–Kier alpha value is -3.36. The number of alkyl halides is 3. The van der Waals surface area contributed by atoms with Crippen molar-refractivity contribution in [3.63, 3.8) is 0 Å². The monoisotopic (exact) mass is 456 g/mol. The lowest BCUT2D eigenvalue weighted by Gasteiger charge is -2.21. The maximum Gasteiger partial charge on any atom is 0.416 e. The van der Waals surface area contributed by atoms with Crippen molar-refractivity contribution in [2.45, 2.75) is 45.3 Å². The molecule has 1 saturated heterocycles. The lowest BCUT2D eigenvalue weighted by molar-refractivity contribution is -0.137. The largest absolute Gasteiger partial charge is 0.416 e. The number of aromatic nitrogens is 3. The number of nitrogens with zero attached hydrogens (tertiary/aromatic N) is 4. The van der Waals surface area contributed by atoms with Crippen LogP contribution in [-0.4, -0.2) is 28.0 Å². The zero-order chi connectivity index (χ0) is 23.3. The lowest BCUT2D eigenvalue weighted by Crippen LogP contribution is -2.27. The zero-order valence-electron chi connectivity index (χ0n) is 18.5. The lowest BCUT2D eigenvalue weighted by atomic mass is 10.1. The van der Waals surface area contributed by atoms with Crippen molar-refractivity contribution in [1.29, 1.82) is 0 Å². The van der Waals surface area contributed by atoms with Gasteiger partial charge in [0.1, 0.15) is 0 Å². The van der Waals surface area contributed by atoms with Gasteiger partial charge in [-0.2, -0.15) is 28.1 Å². The molecule has 0 unspecified atom stereocenters. The first-order valence-corrected chi connectivity index (χ1v) is 11.1. The van der Waals surface area contributed by atoms with Crippen molar-refractivity contribution >= 4 is 23.5 Å². The zero-order valence-corrected chi connectivity index (χ0v) is 18.5. The number of anilines is 4. The van der Waals surface area contributed by atoms with Crippen LogP contribution in [0.5, 0.6) is 0 Å². The first-order chi connectivity index (χ1) is 15.9. The number of hydrogen-bond donors (Lipinski definition) is 2. The van der Waals surface area contributed by atoms with Crippen LogP contribution in [0.2, 0.25) is 0 Å². The number of halogens is 3. The van der Waals surface area contributed by atoms with E-state index in [4.69, 9.17) is 0 Å². The summed E-state index contributed by atoms with van der Waals surface area (Å²) < 4.78 is 39.4. The molecular weight excluding hydrogens is 429 g/mol. The second-order valence-electron chi connectivity index (χ2n) is 8.23. The Bertz CT molecular complexity index is 1060. The van der Waals surface area contributed by atoms with Gasteiger partial charge in [-0.05, 0) is 43.5 Å². The van der Waals surface area contributed by atoms with Gasteiger partial charge >= 0.3 is 6.18 Å². The molecule has 9 heteroatoms. The van der Waals surface area contributed by atoms with Gasteiger partial charge < -0.3 is 15.5 Å². The van der Waals surface area contributed by atoms with Crippen molar-refractivity contribution in [2.75, 3.05) is 28.6 Å². The topological polar surface area (TPSA) is 66.0 Å². The van der Waals surface area contributed by atoms with Gasteiger partial charge in [0, 0.05) is 25.3 Å². The third-order valence-electron chi connectivity index (χ3n) is 5.53. The first-order valence-electron chi connectivity index (χ1n) is 11.1. The number of benzene rings is 2. The first kappa shape index (κ1) is 22.8. The van der Waals surface area contributed by atoms with Gasteiger partial charge in [0.05, 0.1) is 5.56 Å². The molecule has 2 heterocycles. The van der Waals surface area contributed by atoms with Gasteiger partial charge in [-0.3, -0.25) is 0 Å². The van der Waals surface area contributed by atoms with Crippen LogP contribution in [0.1, 0.15) is 42.4 Å². The van der Waals surface area contributed by atoms with E-state index in [1.165, 1.54) is 11.6 Å². The van der Waals surface area contributed by atoms with Crippen LogP contribution in [0.25, 0.3) is 0 Å². The second kappa shape index (κ2) is 10.1. The molecule has 6 nitrogen and oxygen atoms in total. The minimum Gasteiger partial charge on any atom is -0.350 e. The predicted octanol–water partition coefficient (Wildman–Crippen LogP) is 5.93. The highest BCUT2D eigenvalue weighted by Crippen LogP contribution is 2.31. The van der Waals surface area contributed by atoms with E-state index >= 15 is 0 Å². The summed E-state index contributed by atoms with van der Waals surface area (Å²) in [5.41, 5.74) is 1.79. The molecule has 3 aromatic rings. The van der Waals surface area contributed by atoms with Gasteiger partial charge in [0.15, 0.2) is 0 Å². The van der Waals surface area contributed by atoms with Crippen molar-refractivity contribution < 1.29 is 13.2 Å². The van der Waals surface area contributed by atoms with Crippen LogP contribution in [0.3, 0.4) is 0 Å². The summed E-state index contributed by atoms with van der Waals surface area (Å²) in [6.07, 6.45) is 0.00205. The summed E-state index contributed by atoms with van der Waals surface area (Å²) in [5.74, 6) is 1.10. The van der Waals surface area contributed by atoms with E-state index < -0.39 is 11.7 Å². The number of rotatable bonds is 6. The summed E-state index contributed by atoms with van der Waals surface area (Å²) in [6, 6.07) is 13.1. The maximum atomic E-state index is 13.1. The van der Waals surface area contributed by atoms with Gasteiger partial charge in [-0.15, -0.1) is 0 Å². The van der Waals surface area contributed by atoms with E-state index in [2.05, 4.69) is 30.5 Å². The standard InChI is InChI=1S/C24H27F3N6/c1-17-9-11-18(12-10-17)16-28-21-30-22(29-20-8-6-7-19(15-20)24(25,26)27)32-23(31-21)33-13-4-2-3-5-14-33/h6-12,15H,2-5,13-14,16H2,1H3,(H2,28,29,30,31,32). The molecule has 0 atom stereocenters. The van der Waals surface area contributed by atoms with E-state index in [1.807, 2.05) is 31.2 Å². The Labute approximate surface area is 191 Å². The third kappa shape index (κ3) is 6.34. The van der Waals surface area contributed by atoms with Crippen LogP contribution < -0.4 is 15.5 Å². The molecule has 4 rings (SSSR count). The van der Waals surface area contributed by atoms with Crippen LogP contribution in [0, 0.1) is 6.92 Å². The van der Waals surface area contributed by atoms with Crippen LogP contribution in [0.4, 0.5) is 36.7 Å². The molecule has 0 aliphatic carbocycles. The molecule has 0 saturated carbocycles. The molecule has 2 aromatic carbocycles. The highest BCUT2D eigenvalue weighted by atomic mass is 19.4. The molecular formula is C24H27F3N6. The maximum absolute atomic E-state index is 13.1. The SMILES string of the molecule is Cc1ccc(CNc2nc(Nc3cccc(C(F)(F)F)c3)nc(N3CCCCCC3)n2)cc1. The van der Waals surface area contributed by atoms with Crippen molar-refractivity contribution in [2.24, 2.45) is 0 Å². The smallest absolute Gasteiger partial charge is 0.350 e. The van der Waals surface area contributed by atoms with Crippen molar-refractivity contribution in [1.82, 2.24) is 15.0 Å². The van der Waals surface area contributed by atoms with E-state index in [9.17, 15) is 13.2 Å². The summed E-state index contributed by atoms with van der Waals surface area (Å²) in [4.78, 5) is 15.7. The number of aryl methyl sites for hydroxylation is 1. The summed E-state index contributed by atoms with van der Waals surface area (Å²) >= 11 is 0. The third-order valence-corrected chi connectivity index (χ3v) is 5.53. The van der Waals surface area contributed by atoms with Gasteiger partial charge in [-0.1, -0.05) is 48.7 Å². The minimum absolute atomic E-state index is 0.204. The molecule has 0 amide bonds. The summed E-state index contributed by atoms with van der Waals surface area (Å²) in [5, 5.41) is 6.16. The Kier molecular flexibility index (Phi) is 6.96. The predicted molar refractivity (Wildman–Crippen MR) is 124 cm³/mol. The van der Waals surface area contributed by atoms with E-state index in [0.29, 0.717) is 18.4 Å². The summed E-state index contributed by atoms with van der Waals surface area (Å²) in [7, 11) is 0. The molecule has 1 aromatic heterocycles. The molecule has 1 fully saturated rings. The molecule has 174 valence electrons. The minimum atomic E-state index is -4.42. The highest BCUT2D eigenvalue weighted by molar-refractivity contribution is 5.57. The normalized spacial score (nSPS) is 14.6. The van der Waals surface area contributed by atoms with Crippen LogP contribution in [0.15, 0.2) is 48.5 Å². The second-order valence-corrected chi connectivity index (χ2v) is 8.23. The number of nitrogens with one attached hydrogen (secondary N) is 2. The molecule has 0 bridgehead atoms. The Morgan fingerprint density at radius 2 is 1.58 bits per heavy atom. The summed E-state index contributed by atoms with van der Waals surface area (Å²) in [6.45, 7) is 4.23.